The number of rotatable bonds is 5. The molecule has 5 nitrogen and oxygen atoms in total. The first kappa shape index (κ1) is 18.2. The molecule has 0 atom stereocenters. The number of nitrogens with two attached hydrogens (primary N) is 1. The van der Waals surface area contributed by atoms with E-state index in [0.717, 1.165) is 19.5 Å². The largest absolute Gasteiger partial charge is 0.398 e. The van der Waals surface area contributed by atoms with Crippen molar-refractivity contribution in [2.45, 2.75) is 17.9 Å². The minimum Gasteiger partial charge on any atom is -0.398 e. The first-order chi connectivity index (χ1) is 10.6. The molecule has 0 aliphatic carbocycles. The minimum absolute atomic E-state index is 0. The number of thiophene rings is 1. The Morgan fingerprint density at radius 3 is 2.83 bits per heavy atom. The van der Waals surface area contributed by atoms with E-state index in [1.165, 1.54) is 16.5 Å². The second-order valence-electron chi connectivity index (χ2n) is 5.33. The van der Waals surface area contributed by atoms with Gasteiger partial charge in [-0.25, -0.2) is 13.1 Å². The van der Waals surface area contributed by atoms with Crippen molar-refractivity contribution in [3.05, 3.63) is 46.2 Å². The minimum atomic E-state index is -3.54. The van der Waals surface area contributed by atoms with E-state index in [4.69, 9.17) is 5.73 Å². The molecule has 0 bridgehead atoms. The fourth-order valence-corrected chi connectivity index (χ4v) is 4.75. The molecule has 0 saturated carbocycles. The molecule has 0 saturated heterocycles. The van der Waals surface area contributed by atoms with Crippen LogP contribution in [0.2, 0.25) is 0 Å². The number of halogens is 1. The normalized spacial score (nSPS) is 15.0. The van der Waals surface area contributed by atoms with Crippen LogP contribution in [0.1, 0.15) is 10.4 Å². The van der Waals surface area contributed by atoms with Crippen molar-refractivity contribution in [3.63, 3.8) is 0 Å². The van der Waals surface area contributed by atoms with E-state index in [-0.39, 0.29) is 23.0 Å². The monoisotopic (exact) mass is 373 g/mol. The Morgan fingerprint density at radius 1 is 1.26 bits per heavy atom. The van der Waals surface area contributed by atoms with Crippen molar-refractivity contribution in [1.82, 2.24) is 9.62 Å². The zero-order valence-electron chi connectivity index (χ0n) is 12.6. The molecule has 3 N–H and O–H groups in total. The van der Waals surface area contributed by atoms with Gasteiger partial charge in [0.2, 0.25) is 10.0 Å². The third-order valence-electron chi connectivity index (χ3n) is 3.83. The molecule has 1 aliphatic heterocycles. The molecule has 2 heterocycles. The third kappa shape index (κ3) is 4.24. The number of hydrogen-bond acceptors (Lipinski definition) is 5. The summed E-state index contributed by atoms with van der Waals surface area (Å²) in [5.41, 5.74) is 7.44. The molecule has 2 aromatic rings. The van der Waals surface area contributed by atoms with Gasteiger partial charge in [0.05, 0.1) is 5.69 Å². The van der Waals surface area contributed by atoms with Gasteiger partial charge in [0.15, 0.2) is 0 Å². The number of anilines is 1. The average molecular weight is 374 g/mol. The predicted octanol–water partition coefficient (Wildman–Crippen LogP) is 2.09. The van der Waals surface area contributed by atoms with Gasteiger partial charge in [-0.1, -0.05) is 12.1 Å². The molecule has 1 aromatic heterocycles. The van der Waals surface area contributed by atoms with Gasteiger partial charge in [-0.2, -0.15) is 0 Å². The van der Waals surface area contributed by atoms with Gasteiger partial charge in [-0.3, -0.25) is 4.90 Å². The molecule has 0 unspecified atom stereocenters. The molecule has 126 valence electrons. The van der Waals surface area contributed by atoms with Crippen molar-refractivity contribution in [3.8, 4) is 0 Å². The summed E-state index contributed by atoms with van der Waals surface area (Å²) in [5.74, 6) is 0. The van der Waals surface area contributed by atoms with Gasteiger partial charge in [0, 0.05) is 31.1 Å². The van der Waals surface area contributed by atoms with Crippen molar-refractivity contribution >= 4 is 39.5 Å². The highest BCUT2D eigenvalue weighted by Crippen LogP contribution is 2.23. The van der Waals surface area contributed by atoms with Crippen LogP contribution >= 0.6 is 23.7 Å². The van der Waals surface area contributed by atoms with E-state index in [0.29, 0.717) is 13.1 Å². The highest BCUT2D eigenvalue weighted by atomic mass is 35.5. The van der Waals surface area contributed by atoms with Crippen LogP contribution in [0.25, 0.3) is 0 Å². The highest BCUT2D eigenvalue weighted by molar-refractivity contribution is 7.89. The Balaban J connectivity index is 0.00000192. The summed E-state index contributed by atoms with van der Waals surface area (Å²) >= 11 is 1.77. The van der Waals surface area contributed by atoms with Gasteiger partial charge in [0.1, 0.15) is 4.90 Å². The topological polar surface area (TPSA) is 75.4 Å². The lowest BCUT2D eigenvalue weighted by Crippen LogP contribution is -2.37. The van der Waals surface area contributed by atoms with Crippen LogP contribution in [0.3, 0.4) is 0 Å². The average Bonchev–Trinajstić information content (AvgIpc) is 2.95. The lowest BCUT2D eigenvalue weighted by Gasteiger charge is -2.26. The second-order valence-corrected chi connectivity index (χ2v) is 8.07. The Hall–Kier alpha value is -1.12. The number of fused-ring (bicyclic) bond motifs is 1. The zero-order chi connectivity index (χ0) is 15.6. The number of sulfonamides is 1. The van der Waals surface area contributed by atoms with E-state index in [9.17, 15) is 8.42 Å². The molecule has 1 aliphatic rings. The fraction of sp³-hybridized carbons (Fsp3) is 0.333. The second kappa shape index (κ2) is 7.63. The molecule has 1 aromatic carbocycles. The predicted molar refractivity (Wildman–Crippen MR) is 96.6 cm³/mol. The van der Waals surface area contributed by atoms with Crippen molar-refractivity contribution in [2.24, 2.45) is 0 Å². The number of nitrogen functional groups attached to an aromatic ring is 1. The van der Waals surface area contributed by atoms with E-state index in [1.807, 2.05) is 0 Å². The van der Waals surface area contributed by atoms with Crippen molar-refractivity contribution < 1.29 is 8.42 Å². The first-order valence-corrected chi connectivity index (χ1v) is 9.54. The Bertz CT molecular complexity index is 762. The fourth-order valence-electron chi connectivity index (χ4n) is 2.62. The summed E-state index contributed by atoms with van der Waals surface area (Å²) < 4.78 is 27.1. The maximum Gasteiger partial charge on any atom is 0.242 e. The zero-order valence-corrected chi connectivity index (χ0v) is 15.0. The van der Waals surface area contributed by atoms with Crippen LogP contribution in [-0.2, 0) is 23.0 Å². The van der Waals surface area contributed by atoms with E-state index in [2.05, 4.69) is 21.1 Å². The van der Waals surface area contributed by atoms with Crippen LogP contribution in [0.4, 0.5) is 5.69 Å². The molecule has 8 heteroatoms. The quantitative estimate of drug-likeness (QED) is 0.787. The Kier molecular flexibility index (Phi) is 6.05. The Labute approximate surface area is 147 Å². The summed E-state index contributed by atoms with van der Waals surface area (Å²) in [5, 5.41) is 2.12. The maximum atomic E-state index is 12.2. The van der Waals surface area contributed by atoms with Gasteiger partial charge >= 0.3 is 0 Å². The highest BCUT2D eigenvalue weighted by Gasteiger charge is 2.19. The van der Waals surface area contributed by atoms with Crippen molar-refractivity contribution in [2.75, 3.05) is 25.4 Å². The van der Waals surface area contributed by atoms with E-state index < -0.39 is 10.0 Å². The molecule has 0 spiro atoms. The third-order valence-corrected chi connectivity index (χ3v) is 6.31. The number of nitrogens with one attached hydrogen (secondary N) is 1. The van der Waals surface area contributed by atoms with Crippen LogP contribution in [0.5, 0.6) is 0 Å². The molecule has 0 radical (unpaired) electrons. The number of benzene rings is 1. The molecular weight excluding hydrogens is 354 g/mol. The van der Waals surface area contributed by atoms with Crippen molar-refractivity contribution in [1.29, 1.82) is 0 Å². The van der Waals surface area contributed by atoms with Crippen LogP contribution < -0.4 is 10.5 Å². The standard InChI is InChI=1S/C15H19N3O2S2.ClH/c16-13-3-1-2-4-15(13)22(19,20)17-7-9-18-8-5-12-6-10-21-14(12)11-18;/h1-4,6,10,17H,5,7-9,11,16H2;1H. The molecule has 3 rings (SSSR count). The van der Waals surface area contributed by atoms with Gasteiger partial charge in [-0.15, -0.1) is 23.7 Å². The van der Waals surface area contributed by atoms with Gasteiger partial charge < -0.3 is 5.73 Å². The summed E-state index contributed by atoms with van der Waals surface area (Å²) in [6.07, 6.45) is 1.04. The number of hydrogen-bond donors (Lipinski definition) is 2. The number of nitrogens with zero attached hydrogens (tertiary/aromatic N) is 1. The maximum absolute atomic E-state index is 12.2. The van der Waals surface area contributed by atoms with E-state index >= 15 is 0 Å². The molecule has 0 fully saturated rings. The van der Waals surface area contributed by atoms with Gasteiger partial charge in [0.25, 0.3) is 0 Å². The van der Waals surface area contributed by atoms with Crippen LogP contribution in [0, 0.1) is 0 Å². The number of para-hydroxylation sites is 1. The smallest absolute Gasteiger partial charge is 0.242 e. The summed E-state index contributed by atoms with van der Waals surface area (Å²) in [6, 6.07) is 8.70. The lowest BCUT2D eigenvalue weighted by molar-refractivity contribution is 0.262. The van der Waals surface area contributed by atoms with Crippen LogP contribution in [0.15, 0.2) is 40.6 Å². The summed E-state index contributed by atoms with van der Waals surface area (Å²) in [6.45, 7) is 2.96. The Morgan fingerprint density at radius 2 is 2.04 bits per heavy atom. The van der Waals surface area contributed by atoms with Gasteiger partial charge in [-0.05, 0) is 35.6 Å². The SMILES string of the molecule is Cl.Nc1ccccc1S(=O)(=O)NCCN1CCc2ccsc2C1. The molecular formula is C15H20ClN3O2S2. The molecule has 0 amide bonds. The summed E-state index contributed by atoms with van der Waals surface area (Å²) in [4.78, 5) is 3.81. The summed E-state index contributed by atoms with van der Waals surface area (Å²) in [7, 11) is -3.54. The lowest BCUT2D eigenvalue weighted by atomic mass is 10.1. The van der Waals surface area contributed by atoms with E-state index in [1.54, 1.807) is 29.5 Å². The van der Waals surface area contributed by atoms with Crippen LogP contribution in [-0.4, -0.2) is 33.0 Å². The first-order valence-electron chi connectivity index (χ1n) is 7.18. The molecule has 23 heavy (non-hydrogen) atoms.